The van der Waals surface area contributed by atoms with Gasteiger partial charge in [0.15, 0.2) is 0 Å². The average Bonchev–Trinajstić information content (AvgIpc) is 3.31. The fourth-order valence-corrected chi connectivity index (χ4v) is 4.47. The van der Waals surface area contributed by atoms with E-state index in [1.165, 1.54) is 0 Å². The Morgan fingerprint density at radius 3 is 2.41 bits per heavy atom. The van der Waals surface area contributed by atoms with E-state index in [1.54, 1.807) is 0 Å². The van der Waals surface area contributed by atoms with Gasteiger partial charge < -0.3 is 24.8 Å². The van der Waals surface area contributed by atoms with Crippen molar-refractivity contribution in [2.45, 2.75) is 38.7 Å². The van der Waals surface area contributed by atoms with E-state index in [4.69, 9.17) is 4.74 Å². The number of amides is 1. The van der Waals surface area contributed by atoms with Gasteiger partial charge in [-0.1, -0.05) is 6.92 Å². The SMILES string of the molecule is CCN1CCN(c2ncc(N3CCC(C(=O)NCC4CCCO4)CC3)cn2)CC1. The molecule has 1 atom stereocenters. The van der Waals surface area contributed by atoms with Crippen LogP contribution in [0.2, 0.25) is 0 Å². The van der Waals surface area contributed by atoms with E-state index in [1.807, 2.05) is 12.4 Å². The van der Waals surface area contributed by atoms with Crippen molar-refractivity contribution >= 4 is 17.5 Å². The summed E-state index contributed by atoms with van der Waals surface area (Å²) in [6.45, 7) is 10.7. The van der Waals surface area contributed by atoms with Crippen LogP contribution in [0.5, 0.6) is 0 Å². The van der Waals surface area contributed by atoms with Crippen LogP contribution < -0.4 is 15.1 Å². The minimum absolute atomic E-state index is 0.0997. The first-order valence-corrected chi connectivity index (χ1v) is 11.2. The van der Waals surface area contributed by atoms with E-state index in [0.717, 1.165) is 89.7 Å². The Kier molecular flexibility index (Phi) is 6.82. The summed E-state index contributed by atoms with van der Waals surface area (Å²) in [6.07, 6.45) is 7.99. The first-order valence-electron chi connectivity index (χ1n) is 11.2. The van der Waals surface area contributed by atoms with Crippen molar-refractivity contribution in [3.8, 4) is 0 Å². The van der Waals surface area contributed by atoms with Gasteiger partial charge in [0, 0.05) is 58.3 Å². The third-order valence-corrected chi connectivity index (χ3v) is 6.49. The van der Waals surface area contributed by atoms with Gasteiger partial charge in [-0.2, -0.15) is 0 Å². The zero-order chi connectivity index (χ0) is 20.1. The Morgan fingerprint density at radius 1 is 1.07 bits per heavy atom. The number of carbonyl (C=O) groups is 1. The van der Waals surface area contributed by atoms with E-state index in [-0.39, 0.29) is 17.9 Å². The van der Waals surface area contributed by atoms with Crippen molar-refractivity contribution in [1.82, 2.24) is 20.2 Å². The quantitative estimate of drug-likeness (QED) is 0.765. The molecule has 4 heterocycles. The van der Waals surface area contributed by atoms with E-state index < -0.39 is 0 Å². The van der Waals surface area contributed by atoms with E-state index in [0.29, 0.717) is 6.54 Å². The molecule has 0 saturated carbocycles. The molecule has 3 aliphatic rings. The lowest BCUT2D eigenvalue weighted by Gasteiger charge is -2.35. The van der Waals surface area contributed by atoms with Crippen LogP contribution in [0.15, 0.2) is 12.4 Å². The number of piperazine rings is 1. The van der Waals surface area contributed by atoms with Gasteiger partial charge in [0.1, 0.15) is 0 Å². The molecule has 4 rings (SSSR count). The highest BCUT2D eigenvalue weighted by atomic mass is 16.5. The molecule has 1 unspecified atom stereocenters. The van der Waals surface area contributed by atoms with Crippen molar-refractivity contribution in [3.05, 3.63) is 12.4 Å². The second-order valence-electron chi connectivity index (χ2n) is 8.30. The van der Waals surface area contributed by atoms with Gasteiger partial charge in [0.2, 0.25) is 11.9 Å². The van der Waals surface area contributed by atoms with Crippen LogP contribution in [0.3, 0.4) is 0 Å². The van der Waals surface area contributed by atoms with Gasteiger partial charge in [0.25, 0.3) is 0 Å². The molecule has 0 aliphatic carbocycles. The fraction of sp³-hybridized carbons (Fsp3) is 0.762. The minimum Gasteiger partial charge on any atom is -0.376 e. The molecule has 0 bridgehead atoms. The number of anilines is 2. The number of rotatable bonds is 6. The predicted molar refractivity (Wildman–Crippen MR) is 113 cm³/mol. The van der Waals surface area contributed by atoms with E-state index in [9.17, 15) is 4.79 Å². The number of likely N-dealkylation sites (N-methyl/N-ethyl adjacent to an activating group) is 1. The second kappa shape index (κ2) is 9.71. The molecule has 1 amide bonds. The normalized spacial score (nSPS) is 24.1. The Hall–Kier alpha value is -1.93. The van der Waals surface area contributed by atoms with Crippen LogP contribution in [0.25, 0.3) is 0 Å². The fourth-order valence-electron chi connectivity index (χ4n) is 4.47. The number of piperidine rings is 1. The monoisotopic (exact) mass is 402 g/mol. The molecule has 1 aromatic heterocycles. The maximum absolute atomic E-state index is 12.4. The standard InChI is InChI=1S/C21H34N6O2/c1-2-25-9-11-27(12-10-25)21-23-14-18(15-24-21)26-7-5-17(6-8-26)20(28)22-16-19-4-3-13-29-19/h14-15,17,19H,2-13,16H2,1H3,(H,22,28). The molecule has 3 aliphatic heterocycles. The summed E-state index contributed by atoms with van der Waals surface area (Å²) in [6, 6.07) is 0. The molecule has 160 valence electrons. The Morgan fingerprint density at radius 2 is 1.79 bits per heavy atom. The van der Waals surface area contributed by atoms with Crippen molar-refractivity contribution in [1.29, 1.82) is 0 Å². The van der Waals surface area contributed by atoms with Gasteiger partial charge in [-0.15, -0.1) is 0 Å². The Bertz CT molecular complexity index is 648. The molecule has 1 aromatic rings. The molecule has 3 fully saturated rings. The van der Waals surface area contributed by atoms with Crippen LogP contribution in [0, 0.1) is 5.92 Å². The Balaban J connectivity index is 1.22. The van der Waals surface area contributed by atoms with Gasteiger partial charge in [-0.25, -0.2) is 9.97 Å². The van der Waals surface area contributed by atoms with Gasteiger partial charge in [-0.3, -0.25) is 4.79 Å². The minimum atomic E-state index is 0.0997. The lowest BCUT2D eigenvalue weighted by atomic mass is 9.95. The Labute approximate surface area is 173 Å². The maximum atomic E-state index is 12.4. The molecule has 1 N–H and O–H groups in total. The smallest absolute Gasteiger partial charge is 0.225 e. The molecule has 29 heavy (non-hydrogen) atoms. The second-order valence-corrected chi connectivity index (χ2v) is 8.30. The lowest BCUT2D eigenvalue weighted by molar-refractivity contribution is -0.126. The maximum Gasteiger partial charge on any atom is 0.225 e. The number of aromatic nitrogens is 2. The van der Waals surface area contributed by atoms with E-state index >= 15 is 0 Å². The zero-order valence-corrected chi connectivity index (χ0v) is 17.6. The molecule has 0 aromatic carbocycles. The van der Waals surface area contributed by atoms with Crippen LogP contribution in [-0.2, 0) is 9.53 Å². The topological polar surface area (TPSA) is 73.8 Å². The highest BCUT2D eigenvalue weighted by molar-refractivity contribution is 5.79. The summed E-state index contributed by atoms with van der Waals surface area (Å²) in [7, 11) is 0. The molecular formula is C21H34N6O2. The summed E-state index contributed by atoms with van der Waals surface area (Å²) < 4.78 is 5.59. The van der Waals surface area contributed by atoms with Gasteiger partial charge in [-0.05, 0) is 32.2 Å². The molecule has 0 radical (unpaired) electrons. The molecular weight excluding hydrogens is 368 g/mol. The van der Waals surface area contributed by atoms with Crippen LogP contribution in [0.1, 0.15) is 32.6 Å². The largest absolute Gasteiger partial charge is 0.376 e. The third-order valence-electron chi connectivity index (χ3n) is 6.49. The average molecular weight is 403 g/mol. The van der Waals surface area contributed by atoms with Crippen molar-refractivity contribution in [3.63, 3.8) is 0 Å². The van der Waals surface area contributed by atoms with Crippen molar-refractivity contribution in [2.75, 3.05) is 68.8 Å². The summed E-state index contributed by atoms with van der Waals surface area (Å²) >= 11 is 0. The van der Waals surface area contributed by atoms with Crippen LogP contribution in [-0.4, -0.2) is 85.8 Å². The number of nitrogens with one attached hydrogen (secondary N) is 1. The number of hydrogen-bond donors (Lipinski definition) is 1. The summed E-state index contributed by atoms with van der Waals surface area (Å²) in [4.78, 5) is 28.7. The summed E-state index contributed by atoms with van der Waals surface area (Å²) in [5, 5.41) is 3.08. The molecule has 3 saturated heterocycles. The van der Waals surface area contributed by atoms with Crippen LogP contribution in [0.4, 0.5) is 11.6 Å². The number of nitrogens with zero attached hydrogens (tertiary/aromatic N) is 5. The van der Waals surface area contributed by atoms with Crippen LogP contribution >= 0.6 is 0 Å². The lowest BCUT2D eigenvalue weighted by Crippen LogP contribution is -2.46. The van der Waals surface area contributed by atoms with E-state index in [2.05, 4.69) is 36.9 Å². The zero-order valence-electron chi connectivity index (χ0n) is 17.6. The first-order chi connectivity index (χ1) is 14.2. The highest BCUT2D eigenvalue weighted by Crippen LogP contribution is 2.23. The molecule has 8 heteroatoms. The van der Waals surface area contributed by atoms with Gasteiger partial charge >= 0.3 is 0 Å². The first kappa shape index (κ1) is 20.3. The summed E-state index contributed by atoms with van der Waals surface area (Å²) in [5.41, 5.74) is 1.05. The van der Waals surface area contributed by atoms with Crippen molar-refractivity contribution < 1.29 is 9.53 Å². The number of hydrogen-bond acceptors (Lipinski definition) is 7. The summed E-state index contributed by atoms with van der Waals surface area (Å²) in [5.74, 6) is 1.11. The highest BCUT2D eigenvalue weighted by Gasteiger charge is 2.26. The van der Waals surface area contributed by atoms with Gasteiger partial charge in [0.05, 0.1) is 24.2 Å². The van der Waals surface area contributed by atoms with Crippen molar-refractivity contribution in [2.24, 2.45) is 5.92 Å². The molecule has 8 nitrogen and oxygen atoms in total. The number of carbonyl (C=O) groups excluding carboxylic acids is 1. The predicted octanol–water partition coefficient (Wildman–Crippen LogP) is 1.13. The number of ether oxygens (including phenoxy) is 1. The molecule has 0 spiro atoms. The third kappa shape index (κ3) is 5.17.